The first-order valence-corrected chi connectivity index (χ1v) is 4.81. The summed E-state index contributed by atoms with van der Waals surface area (Å²) in [5.74, 6) is 0.417. The van der Waals surface area contributed by atoms with Crippen LogP contribution in [0.15, 0.2) is 0 Å². The fraction of sp³-hybridized carbons (Fsp3) is 0.750. The Morgan fingerprint density at radius 2 is 2.11 bits per heavy atom. The summed E-state index contributed by atoms with van der Waals surface area (Å²) in [6.07, 6.45) is 1.88. The molecule has 0 aliphatic carbocycles. The van der Waals surface area contributed by atoms with Crippen LogP contribution >= 0.6 is 19.2 Å². The van der Waals surface area contributed by atoms with Gasteiger partial charge in [-0.05, 0) is 12.8 Å². The molecule has 55 valence electrons. The highest BCUT2D eigenvalue weighted by Gasteiger charge is 2.10. The molecule has 0 aromatic heterocycles. The zero-order chi connectivity index (χ0) is 7.33. The van der Waals surface area contributed by atoms with Crippen molar-refractivity contribution in [2.24, 2.45) is 0 Å². The Hall–Kier alpha value is 0.440. The van der Waals surface area contributed by atoms with Crippen LogP contribution in [0, 0.1) is 6.42 Å². The van der Waals surface area contributed by atoms with Crippen molar-refractivity contribution >= 4 is 19.2 Å². The molecule has 0 aromatic carbocycles. The van der Waals surface area contributed by atoms with Gasteiger partial charge in [0.2, 0.25) is 0 Å². The Bertz CT molecular complexity index is 110. The van der Waals surface area contributed by atoms with Gasteiger partial charge in [0.1, 0.15) is 0 Å². The quantitative estimate of drug-likeness (QED) is 0.377. The molecule has 0 bridgehead atoms. The molecule has 0 rings (SSSR count). The third-order valence-corrected chi connectivity index (χ3v) is 1.63. The molecule has 0 saturated heterocycles. The molecule has 1 radical (unpaired) electrons. The monoisotopic (exact) mass is 171 g/mol. The van der Waals surface area contributed by atoms with Crippen LogP contribution < -0.4 is 0 Å². The van der Waals surface area contributed by atoms with E-state index in [4.69, 9.17) is 21.4 Å². The highest BCUT2D eigenvalue weighted by molar-refractivity contribution is 7.51. The van der Waals surface area contributed by atoms with Gasteiger partial charge in [-0.3, -0.25) is 4.57 Å². The minimum atomic E-state index is -3.81. The van der Waals surface area contributed by atoms with E-state index in [9.17, 15) is 4.57 Å². The first-order chi connectivity index (χ1) is 4.06. The van der Waals surface area contributed by atoms with Gasteiger partial charge in [-0.2, -0.15) is 0 Å². The number of rotatable bonds is 4. The fourth-order valence-corrected chi connectivity index (χ4v) is 1.01. The summed E-state index contributed by atoms with van der Waals surface area (Å²) in [6, 6.07) is 0. The molecule has 0 heterocycles. The Balaban J connectivity index is 3.18. The number of unbranched alkanes of at least 4 members (excludes halogenated alkanes) is 1. The smallest absolute Gasteiger partial charge is 0.324 e. The van der Waals surface area contributed by atoms with Crippen LogP contribution in [0.4, 0.5) is 0 Å². The van der Waals surface area contributed by atoms with Crippen molar-refractivity contribution in [2.75, 3.05) is 12.0 Å². The minimum Gasteiger partial charge on any atom is -0.324 e. The lowest BCUT2D eigenvalue weighted by Gasteiger charge is -1.99. The maximum Gasteiger partial charge on any atom is 0.325 e. The summed E-state index contributed by atoms with van der Waals surface area (Å²) < 4.78 is 10.1. The molecule has 0 aliphatic heterocycles. The normalized spacial score (nSPS) is 11.9. The SMILES string of the molecule is O=P(O)(O)C[CH]CCCl. The van der Waals surface area contributed by atoms with Crippen molar-refractivity contribution in [2.45, 2.75) is 6.42 Å². The second-order valence-corrected chi connectivity index (χ2v) is 3.69. The number of halogens is 1. The van der Waals surface area contributed by atoms with Gasteiger partial charge in [-0.15, -0.1) is 11.6 Å². The van der Waals surface area contributed by atoms with Gasteiger partial charge >= 0.3 is 7.60 Å². The van der Waals surface area contributed by atoms with Gasteiger partial charge in [0, 0.05) is 5.88 Å². The molecule has 5 heteroatoms. The van der Waals surface area contributed by atoms with Gasteiger partial charge in [0.25, 0.3) is 0 Å². The van der Waals surface area contributed by atoms with E-state index >= 15 is 0 Å². The molecule has 0 atom stereocenters. The van der Waals surface area contributed by atoms with Crippen molar-refractivity contribution < 1.29 is 14.4 Å². The highest BCUT2D eigenvalue weighted by atomic mass is 35.5. The Morgan fingerprint density at radius 1 is 1.56 bits per heavy atom. The Labute approximate surface area is 59.2 Å². The van der Waals surface area contributed by atoms with Gasteiger partial charge < -0.3 is 9.79 Å². The number of hydrogen-bond donors (Lipinski definition) is 2. The van der Waals surface area contributed by atoms with Gasteiger partial charge in [-0.1, -0.05) is 0 Å². The van der Waals surface area contributed by atoms with E-state index in [2.05, 4.69) is 0 Å². The molecule has 0 unspecified atom stereocenters. The number of alkyl halides is 1. The molecule has 3 nitrogen and oxygen atoms in total. The van der Waals surface area contributed by atoms with Crippen molar-refractivity contribution in [3.05, 3.63) is 6.42 Å². The van der Waals surface area contributed by atoms with E-state index in [0.717, 1.165) is 0 Å². The standard InChI is InChI=1S/C4H9ClO3P/c5-3-1-2-4-9(6,7)8/h2H,1,3-4H2,(H2,6,7,8). The van der Waals surface area contributed by atoms with Crippen molar-refractivity contribution in [1.82, 2.24) is 0 Å². The molecular weight excluding hydrogens is 162 g/mol. The first kappa shape index (κ1) is 9.44. The number of hydrogen-bond acceptors (Lipinski definition) is 1. The second kappa shape index (κ2) is 4.29. The first-order valence-electron chi connectivity index (χ1n) is 2.48. The topological polar surface area (TPSA) is 57.5 Å². The van der Waals surface area contributed by atoms with Gasteiger partial charge in [0.15, 0.2) is 0 Å². The molecule has 0 spiro atoms. The van der Waals surface area contributed by atoms with Crippen LogP contribution in [0.5, 0.6) is 0 Å². The summed E-state index contributed by atoms with van der Waals surface area (Å²) in [4.78, 5) is 16.6. The summed E-state index contributed by atoms with van der Waals surface area (Å²) in [5.41, 5.74) is 0. The maximum atomic E-state index is 10.1. The van der Waals surface area contributed by atoms with E-state index < -0.39 is 7.60 Å². The van der Waals surface area contributed by atoms with Gasteiger partial charge in [0.05, 0.1) is 6.16 Å². The predicted octanol–water partition coefficient (Wildman–Crippen LogP) is 0.997. The van der Waals surface area contributed by atoms with E-state index in [1.807, 2.05) is 0 Å². The third-order valence-electron chi connectivity index (χ3n) is 0.680. The van der Waals surface area contributed by atoms with E-state index in [1.165, 1.54) is 6.42 Å². The van der Waals surface area contributed by atoms with Crippen molar-refractivity contribution in [3.8, 4) is 0 Å². The lowest BCUT2D eigenvalue weighted by Crippen LogP contribution is -1.88. The minimum absolute atomic E-state index is 0.167. The average molecular weight is 172 g/mol. The van der Waals surface area contributed by atoms with Crippen LogP contribution in [0.3, 0.4) is 0 Å². The summed E-state index contributed by atoms with van der Waals surface area (Å²) in [7, 11) is -3.81. The van der Waals surface area contributed by atoms with Crippen LogP contribution in [0.25, 0.3) is 0 Å². The van der Waals surface area contributed by atoms with Gasteiger partial charge in [-0.25, -0.2) is 0 Å². The average Bonchev–Trinajstić information content (AvgIpc) is 1.63. The lowest BCUT2D eigenvalue weighted by atomic mass is 10.4. The molecule has 9 heavy (non-hydrogen) atoms. The molecule has 0 amide bonds. The zero-order valence-corrected chi connectivity index (χ0v) is 6.48. The van der Waals surface area contributed by atoms with Crippen LogP contribution in [0.1, 0.15) is 6.42 Å². The molecular formula is C4H9ClO3P. The Kier molecular flexibility index (Phi) is 4.50. The summed E-state index contributed by atoms with van der Waals surface area (Å²) >= 11 is 5.25. The maximum absolute atomic E-state index is 10.1. The van der Waals surface area contributed by atoms with Crippen LogP contribution in [-0.4, -0.2) is 21.8 Å². The molecule has 0 fully saturated rings. The lowest BCUT2D eigenvalue weighted by molar-refractivity contribution is 0.375. The predicted molar refractivity (Wildman–Crippen MR) is 36.5 cm³/mol. The van der Waals surface area contributed by atoms with E-state index in [1.54, 1.807) is 0 Å². The fourth-order valence-electron chi connectivity index (χ4n) is 0.337. The Morgan fingerprint density at radius 3 is 2.44 bits per heavy atom. The van der Waals surface area contributed by atoms with Crippen LogP contribution in [-0.2, 0) is 4.57 Å². The molecule has 0 aliphatic rings. The molecule has 2 N–H and O–H groups in total. The van der Waals surface area contributed by atoms with E-state index in [-0.39, 0.29) is 6.16 Å². The van der Waals surface area contributed by atoms with Crippen molar-refractivity contribution in [1.29, 1.82) is 0 Å². The second-order valence-electron chi connectivity index (χ2n) is 1.61. The van der Waals surface area contributed by atoms with Crippen LogP contribution in [0.2, 0.25) is 0 Å². The summed E-state index contributed by atoms with van der Waals surface area (Å²) in [6.45, 7) is 0. The van der Waals surface area contributed by atoms with Crippen molar-refractivity contribution in [3.63, 3.8) is 0 Å². The zero-order valence-electron chi connectivity index (χ0n) is 4.83. The van der Waals surface area contributed by atoms with E-state index in [0.29, 0.717) is 12.3 Å². The summed E-state index contributed by atoms with van der Waals surface area (Å²) in [5, 5.41) is 0. The molecule has 0 aromatic rings. The third kappa shape index (κ3) is 8.44. The molecule has 0 saturated carbocycles. The highest BCUT2D eigenvalue weighted by Crippen LogP contribution is 2.34. The largest absolute Gasteiger partial charge is 0.325 e.